The van der Waals surface area contributed by atoms with Crippen LogP contribution in [0.3, 0.4) is 0 Å². The number of fused-ring (bicyclic) bond motifs is 1. The van der Waals surface area contributed by atoms with Gasteiger partial charge < -0.3 is 16.0 Å². The van der Waals surface area contributed by atoms with Crippen LogP contribution >= 0.6 is 0 Å². The van der Waals surface area contributed by atoms with E-state index in [2.05, 4.69) is 28.9 Å². The van der Waals surface area contributed by atoms with Gasteiger partial charge in [0.2, 0.25) is 0 Å². The van der Waals surface area contributed by atoms with Gasteiger partial charge in [0.05, 0.1) is 0 Å². The Morgan fingerprint density at radius 2 is 1.55 bits per heavy atom. The lowest BCUT2D eigenvalue weighted by Gasteiger charge is -2.25. The van der Waals surface area contributed by atoms with E-state index in [1.165, 1.54) is 0 Å². The van der Waals surface area contributed by atoms with E-state index < -0.39 is 5.54 Å². The Morgan fingerprint density at radius 1 is 0.842 bits per heavy atom. The molecule has 1 unspecified atom stereocenters. The molecule has 0 bridgehead atoms. The number of aryl methyl sites for hydroxylation is 4. The largest absolute Gasteiger partial charge is 0.341 e. The molecular formula is C32H32N4O2. The van der Waals surface area contributed by atoms with Gasteiger partial charge in [-0.3, -0.25) is 14.6 Å². The first-order chi connectivity index (χ1) is 18.1. The number of benzene rings is 3. The number of nitrogens with zero attached hydrogens (tertiary/aromatic N) is 1. The Kier molecular flexibility index (Phi) is 6.49. The fourth-order valence-electron chi connectivity index (χ4n) is 4.98. The Bertz CT molecular complexity index is 1530. The second-order valence-electron chi connectivity index (χ2n) is 10.5. The van der Waals surface area contributed by atoms with E-state index in [1.807, 2.05) is 94.4 Å². The summed E-state index contributed by atoms with van der Waals surface area (Å²) in [6.07, 6.45) is 4.64. The van der Waals surface area contributed by atoms with Crippen LogP contribution in [-0.2, 0) is 0 Å². The van der Waals surface area contributed by atoms with Crippen molar-refractivity contribution in [2.75, 3.05) is 5.32 Å². The van der Waals surface area contributed by atoms with Gasteiger partial charge in [-0.15, -0.1) is 0 Å². The summed E-state index contributed by atoms with van der Waals surface area (Å²) in [7, 11) is 0. The average molecular weight is 505 g/mol. The third-order valence-electron chi connectivity index (χ3n) is 7.00. The van der Waals surface area contributed by atoms with E-state index in [0.29, 0.717) is 17.5 Å². The molecule has 3 aromatic rings. The lowest BCUT2D eigenvalue weighted by molar-refractivity contribution is 0.0965. The van der Waals surface area contributed by atoms with Crippen LogP contribution in [0.25, 0.3) is 0 Å². The minimum absolute atomic E-state index is 0.124. The van der Waals surface area contributed by atoms with Crippen LogP contribution in [0.2, 0.25) is 0 Å². The van der Waals surface area contributed by atoms with Gasteiger partial charge in [0.15, 0.2) is 0 Å². The van der Waals surface area contributed by atoms with E-state index in [-0.39, 0.29) is 11.8 Å². The molecule has 1 aliphatic heterocycles. The maximum absolute atomic E-state index is 12.8. The first-order valence-electron chi connectivity index (χ1n) is 12.8. The van der Waals surface area contributed by atoms with Crippen LogP contribution < -0.4 is 16.0 Å². The Hall–Kier alpha value is -4.45. The Morgan fingerprint density at radius 3 is 2.24 bits per heavy atom. The van der Waals surface area contributed by atoms with Crippen molar-refractivity contribution in [3.63, 3.8) is 0 Å². The molecular weight excluding hydrogens is 472 g/mol. The molecule has 6 heteroatoms. The quantitative estimate of drug-likeness (QED) is 0.406. The molecule has 1 aliphatic carbocycles. The first-order valence-corrected chi connectivity index (χ1v) is 12.8. The fourth-order valence-corrected chi connectivity index (χ4v) is 4.98. The smallest absolute Gasteiger partial charge is 0.255 e. The van der Waals surface area contributed by atoms with Gasteiger partial charge >= 0.3 is 0 Å². The first kappa shape index (κ1) is 25.2. The Labute approximate surface area is 223 Å². The van der Waals surface area contributed by atoms with Crippen LogP contribution in [0.5, 0.6) is 0 Å². The molecule has 38 heavy (non-hydrogen) atoms. The predicted molar refractivity (Wildman–Crippen MR) is 153 cm³/mol. The molecule has 192 valence electrons. The monoisotopic (exact) mass is 504 g/mol. The number of aliphatic imine (C=N–C) groups is 1. The number of nitrogens with one attached hydrogen (secondary N) is 3. The van der Waals surface area contributed by atoms with Gasteiger partial charge in [-0.05, 0) is 95.1 Å². The SMILES string of the molecule is Cc1cc(C)cc(C(=O)NC2=CCC3(C)N=C(c4ccc(NC(=O)c5ccc(C)cc5C)cc4)NC3=C2)c1. The van der Waals surface area contributed by atoms with Gasteiger partial charge in [-0.2, -0.15) is 0 Å². The Balaban J connectivity index is 1.26. The normalized spacial score (nSPS) is 18.0. The summed E-state index contributed by atoms with van der Waals surface area (Å²) in [5.41, 5.74) is 8.44. The molecule has 0 saturated carbocycles. The number of rotatable bonds is 5. The van der Waals surface area contributed by atoms with E-state index in [9.17, 15) is 9.59 Å². The zero-order chi connectivity index (χ0) is 27.0. The third kappa shape index (κ3) is 5.16. The molecule has 3 aromatic carbocycles. The number of anilines is 1. The highest BCUT2D eigenvalue weighted by atomic mass is 16.2. The predicted octanol–water partition coefficient (Wildman–Crippen LogP) is 5.88. The maximum atomic E-state index is 12.8. The molecule has 0 radical (unpaired) electrons. The number of hydrogen-bond acceptors (Lipinski definition) is 4. The molecule has 3 N–H and O–H groups in total. The number of amides is 2. The topological polar surface area (TPSA) is 82.6 Å². The molecule has 1 atom stereocenters. The summed E-state index contributed by atoms with van der Waals surface area (Å²) in [4.78, 5) is 30.5. The van der Waals surface area contributed by atoms with Crippen LogP contribution in [-0.4, -0.2) is 23.2 Å². The van der Waals surface area contributed by atoms with Gasteiger partial charge in [-0.25, -0.2) is 0 Å². The van der Waals surface area contributed by atoms with Gasteiger partial charge in [0.25, 0.3) is 11.8 Å². The minimum atomic E-state index is -0.417. The molecule has 0 fully saturated rings. The number of carbonyl (C=O) groups is 2. The number of amidine groups is 1. The highest BCUT2D eigenvalue weighted by molar-refractivity contribution is 6.06. The van der Waals surface area contributed by atoms with Crippen molar-refractivity contribution >= 4 is 23.3 Å². The minimum Gasteiger partial charge on any atom is -0.341 e. The van der Waals surface area contributed by atoms with Crippen molar-refractivity contribution in [2.45, 2.75) is 46.6 Å². The molecule has 5 rings (SSSR count). The second-order valence-corrected chi connectivity index (χ2v) is 10.5. The van der Waals surface area contributed by atoms with E-state index in [0.717, 1.165) is 50.7 Å². The summed E-state index contributed by atoms with van der Waals surface area (Å²) in [6.45, 7) is 10.0. The van der Waals surface area contributed by atoms with Gasteiger partial charge in [-0.1, -0.05) is 41.0 Å². The highest BCUT2D eigenvalue weighted by Gasteiger charge is 2.37. The van der Waals surface area contributed by atoms with Gasteiger partial charge in [0, 0.05) is 33.8 Å². The number of hydrogen-bond donors (Lipinski definition) is 3. The zero-order valence-corrected chi connectivity index (χ0v) is 22.4. The van der Waals surface area contributed by atoms with Crippen molar-refractivity contribution in [1.29, 1.82) is 0 Å². The van der Waals surface area contributed by atoms with E-state index in [1.54, 1.807) is 0 Å². The molecule has 0 spiro atoms. The van der Waals surface area contributed by atoms with Crippen molar-refractivity contribution in [1.82, 2.24) is 10.6 Å². The fraction of sp³-hybridized carbons (Fsp3) is 0.219. The van der Waals surface area contributed by atoms with Gasteiger partial charge in [0.1, 0.15) is 11.4 Å². The summed E-state index contributed by atoms with van der Waals surface area (Å²) >= 11 is 0. The number of carbonyl (C=O) groups excluding carboxylic acids is 2. The van der Waals surface area contributed by atoms with E-state index >= 15 is 0 Å². The maximum Gasteiger partial charge on any atom is 0.255 e. The van der Waals surface area contributed by atoms with Crippen LogP contribution in [0.1, 0.15) is 61.9 Å². The van der Waals surface area contributed by atoms with Crippen molar-refractivity contribution in [3.05, 3.63) is 123 Å². The summed E-state index contributed by atoms with van der Waals surface area (Å²) in [5.74, 6) is 0.513. The summed E-state index contributed by atoms with van der Waals surface area (Å²) in [6, 6.07) is 19.3. The van der Waals surface area contributed by atoms with Crippen molar-refractivity contribution < 1.29 is 9.59 Å². The van der Waals surface area contributed by atoms with Crippen LogP contribution in [0, 0.1) is 27.7 Å². The lowest BCUT2D eigenvalue weighted by Crippen LogP contribution is -2.32. The summed E-state index contributed by atoms with van der Waals surface area (Å²) in [5, 5.41) is 9.46. The van der Waals surface area contributed by atoms with E-state index in [4.69, 9.17) is 4.99 Å². The third-order valence-corrected chi connectivity index (χ3v) is 7.00. The molecule has 0 aromatic heterocycles. The second kappa shape index (κ2) is 9.78. The zero-order valence-electron chi connectivity index (χ0n) is 22.4. The number of allylic oxidation sites excluding steroid dienone is 1. The van der Waals surface area contributed by atoms with Crippen LogP contribution in [0.4, 0.5) is 5.69 Å². The van der Waals surface area contributed by atoms with Crippen molar-refractivity contribution in [3.8, 4) is 0 Å². The standard InChI is InChI=1S/C32H32N4O2/c1-19-6-11-27(22(4)15-19)31(38)33-25-9-7-23(8-10-25)29-35-28-18-26(12-13-32(28,5)36-29)34-30(37)24-16-20(2)14-21(3)17-24/h6-12,14-18H,13H2,1-5H3,(H,33,38)(H,34,37)(H,35,36). The highest BCUT2D eigenvalue weighted by Crippen LogP contribution is 2.34. The van der Waals surface area contributed by atoms with Crippen molar-refractivity contribution in [2.24, 2.45) is 4.99 Å². The lowest BCUT2D eigenvalue weighted by atomic mass is 9.90. The molecule has 2 amide bonds. The average Bonchev–Trinajstić information content (AvgIpc) is 3.20. The molecule has 6 nitrogen and oxygen atoms in total. The molecule has 1 heterocycles. The molecule has 0 saturated heterocycles. The van der Waals surface area contributed by atoms with Crippen LogP contribution in [0.15, 0.2) is 89.2 Å². The summed E-state index contributed by atoms with van der Waals surface area (Å²) < 4.78 is 0. The molecule has 2 aliphatic rings.